The molecule has 2 N–H and O–H groups in total. The number of hydrogen-bond donors (Lipinski definition) is 1. The van der Waals surface area contributed by atoms with Crippen LogP contribution in [0.3, 0.4) is 0 Å². The lowest BCUT2D eigenvalue weighted by Crippen LogP contribution is -2.44. The molecule has 0 spiro atoms. The van der Waals surface area contributed by atoms with Crippen LogP contribution < -0.4 is 5.73 Å². The standard InChI is InChI=1S/C16H17ClN4O/c1-16(2)8-21(3)14(22)10-5-4-9(6-11(10)16)13-12(17)7-19-15(18)20-13/h4-7H,8H2,1-3H3,(H2,18,19,20). The molecule has 2 heterocycles. The number of aromatic nitrogens is 2. The summed E-state index contributed by atoms with van der Waals surface area (Å²) in [4.78, 5) is 22.2. The van der Waals surface area contributed by atoms with Crippen LogP contribution in [0, 0.1) is 0 Å². The predicted octanol–water partition coefficient (Wildman–Crippen LogP) is 2.74. The number of hydrogen-bond acceptors (Lipinski definition) is 4. The molecule has 114 valence electrons. The van der Waals surface area contributed by atoms with Crippen molar-refractivity contribution >= 4 is 23.5 Å². The van der Waals surface area contributed by atoms with E-state index in [1.165, 1.54) is 6.20 Å². The van der Waals surface area contributed by atoms with Crippen molar-refractivity contribution < 1.29 is 4.79 Å². The summed E-state index contributed by atoms with van der Waals surface area (Å²) in [6.45, 7) is 4.91. The smallest absolute Gasteiger partial charge is 0.253 e. The van der Waals surface area contributed by atoms with E-state index in [1.54, 1.807) is 4.90 Å². The van der Waals surface area contributed by atoms with Crippen LogP contribution >= 0.6 is 11.6 Å². The van der Waals surface area contributed by atoms with E-state index in [0.717, 1.165) is 16.7 Å². The Morgan fingerprint density at radius 2 is 2.09 bits per heavy atom. The first-order valence-corrected chi connectivity index (χ1v) is 7.36. The molecule has 1 aromatic heterocycles. The summed E-state index contributed by atoms with van der Waals surface area (Å²) in [6.07, 6.45) is 1.49. The maximum absolute atomic E-state index is 12.3. The summed E-state index contributed by atoms with van der Waals surface area (Å²) in [5.41, 5.74) is 8.66. The number of anilines is 1. The van der Waals surface area contributed by atoms with Crippen LogP contribution in [0.5, 0.6) is 0 Å². The molecule has 1 aliphatic heterocycles. The summed E-state index contributed by atoms with van der Waals surface area (Å²) < 4.78 is 0. The molecule has 1 aliphatic rings. The van der Waals surface area contributed by atoms with Gasteiger partial charge in [0.15, 0.2) is 0 Å². The Balaban J connectivity index is 2.19. The lowest BCUT2D eigenvalue weighted by atomic mass is 9.77. The molecule has 3 rings (SSSR count). The topological polar surface area (TPSA) is 72.1 Å². The third-order valence-electron chi connectivity index (χ3n) is 3.99. The minimum absolute atomic E-state index is 0.0363. The van der Waals surface area contributed by atoms with Gasteiger partial charge in [-0.25, -0.2) is 9.97 Å². The molecule has 0 saturated carbocycles. The monoisotopic (exact) mass is 316 g/mol. The first-order valence-electron chi connectivity index (χ1n) is 6.98. The van der Waals surface area contributed by atoms with E-state index < -0.39 is 0 Å². The number of fused-ring (bicyclic) bond motifs is 1. The van der Waals surface area contributed by atoms with E-state index in [-0.39, 0.29) is 17.3 Å². The van der Waals surface area contributed by atoms with Crippen molar-refractivity contribution in [2.75, 3.05) is 19.3 Å². The molecule has 0 aliphatic carbocycles. The largest absolute Gasteiger partial charge is 0.368 e. The molecular formula is C16H17ClN4O. The number of halogens is 1. The molecule has 1 amide bonds. The summed E-state index contributed by atoms with van der Waals surface area (Å²) in [5.74, 6) is 0.210. The number of nitrogen functional groups attached to an aromatic ring is 1. The van der Waals surface area contributed by atoms with Crippen LogP contribution in [0.25, 0.3) is 11.3 Å². The number of carbonyl (C=O) groups is 1. The van der Waals surface area contributed by atoms with Crippen molar-refractivity contribution in [1.82, 2.24) is 14.9 Å². The van der Waals surface area contributed by atoms with Gasteiger partial charge in [0.1, 0.15) is 0 Å². The van der Waals surface area contributed by atoms with E-state index in [0.29, 0.717) is 17.3 Å². The van der Waals surface area contributed by atoms with Gasteiger partial charge in [0.05, 0.1) is 16.9 Å². The van der Waals surface area contributed by atoms with Crippen molar-refractivity contribution in [2.45, 2.75) is 19.3 Å². The quantitative estimate of drug-likeness (QED) is 0.878. The zero-order chi connectivity index (χ0) is 16.1. The fourth-order valence-electron chi connectivity index (χ4n) is 2.98. The van der Waals surface area contributed by atoms with Gasteiger partial charge in [-0.3, -0.25) is 4.79 Å². The van der Waals surface area contributed by atoms with Crippen molar-refractivity contribution in [3.8, 4) is 11.3 Å². The predicted molar refractivity (Wildman–Crippen MR) is 86.9 cm³/mol. The Labute approximate surface area is 134 Å². The number of benzene rings is 1. The van der Waals surface area contributed by atoms with Gasteiger partial charge >= 0.3 is 0 Å². The van der Waals surface area contributed by atoms with Crippen LogP contribution in [0.4, 0.5) is 5.95 Å². The summed E-state index contributed by atoms with van der Waals surface area (Å²) in [7, 11) is 1.82. The fraction of sp³-hybridized carbons (Fsp3) is 0.312. The molecule has 0 radical (unpaired) electrons. The van der Waals surface area contributed by atoms with Crippen molar-refractivity contribution in [3.63, 3.8) is 0 Å². The van der Waals surface area contributed by atoms with Crippen molar-refractivity contribution in [1.29, 1.82) is 0 Å². The van der Waals surface area contributed by atoms with Crippen LogP contribution in [-0.4, -0.2) is 34.4 Å². The molecule has 0 bridgehead atoms. The van der Waals surface area contributed by atoms with Crippen molar-refractivity contribution in [2.24, 2.45) is 0 Å². The highest BCUT2D eigenvalue weighted by Crippen LogP contribution is 2.36. The number of rotatable bonds is 1. The van der Waals surface area contributed by atoms with E-state index in [2.05, 4.69) is 23.8 Å². The summed E-state index contributed by atoms with van der Waals surface area (Å²) >= 11 is 6.18. The van der Waals surface area contributed by atoms with Crippen LogP contribution in [0.1, 0.15) is 29.8 Å². The second kappa shape index (κ2) is 4.95. The average Bonchev–Trinajstić information content (AvgIpc) is 2.47. The Hall–Kier alpha value is -2.14. The highest BCUT2D eigenvalue weighted by molar-refractivity contribution is 6.32. The van der Waals surface area contributed by atoms with E-state index in [9.17, 15) is 4.79 Å². The Bertz CT molecular complexity index is 773. The minimum Gasteiger partial charge on any atom is -0.368 e. The maximum atomic E-state index is 12.3. The third-order valence-corrected chi connectivity index (χ3v) is 4.27. The lowest BCUT2D eigenvalue weighted by Gasteiger charge is -2.37. The van der Waals surface area contributed by atoms with Gasteiger partial charge in [0.25, 0.3) is 5.91 Å². The van der Waals surface area contributed by atoms with Gasteiger partial charge in [0, 0.05) is 30.1 Å². The fourth-order valence-corrected chi connectivity index (χ4v) is 3.18. The molecular weight excluding hydrogens is 300 g/mol. The second-order valence-corrected chi connectivity index (χ2v) is 6.64. The lowest BCUT2D eigenvalue weighted by molar-refractivity contribution is 0.0737. The Kier molecular flexibility index (Phi) is 3.33. The summed E-state index contributed by atoms with van der Waals surface area (Å²) in [6, 6.07) is 5.66. The Morgan fingerprint density at radius 1 is 1.36 bits per heavy atom. The number of nitrogens with zero attached hydrogens (tertiary/aromatic N) is 3. The minimum atomic E-state index is -0.140. The molecule has 0 fully saturated rings. The average molecular weight is 317 g/mol. The molecule has 6 heteroatoms. The molecule has 1 aromatic carbocycles. The SMILES string of the molecule is CN1CC(C)(C)c2cc(-c3nc(N)ncc3Cl)ccc2C1=O. The third kappa shape index (κ3) is 2.31. The van der Waals surface area contributed by atoms with E-state index in [4.69, 9.17) is 17.3 Å². The molecule has 0 atom stereocenters. The first-order chi connectivity index (χ1) is 10.3. The molecule has 2 aromatic rings. The highest BCUT2D eigenvalue weighted by Gasteiger charge is 2.35. The number of amides is 1. The Morgan fingerprint density at radius 3 is 2.82 bits per heavy atom. The molecule has 0 unspecified atom stereocenters. The van der Waals surface area contributed by atoms with Crippen LogP contribution in [-0.2, 0) is 5.41 Å². The second-order valence-electron chi connectivity index (χ2n) is 6.23. The maximum Gasteiger partial charge on any atom is 0.253 e. The van der Waals surface area contributed by atoms with Gasteiger partial charge < -0.3 is 10.6 Å². The molecule has 5 nitrogen and oxygen atoms in total. The van der Waals surface area contributed by atoms with Crippen LogP contribution in [0.15, 0.2) is 24.4 Å². The van der Waals surface area contributed by atoms with Gasteiger partial charge in [0.2, 0.25) is 5.95 Å². The van der Waals surface area contributed by atoms with E-state index in [1.807, 2.05) is 25.2 Å². The molecule has 22 heavy (non-hydrogen) atoms. The molecule has 0 saturated heterocycles. The number of likely N-dealkylation sites (N-methyl/N-ethyl adjacent to an activating group) is 1. The highest BCUT2D eigenvalue weighted by atomic mass is 35.5. The first kappa shape index (κ1) is 14.8. The summed E-state index contributed by atoms with van der Waals surface area (Å²) in [5, 5.41) is 0.436. The van der Waals surface area contributed by atoms with E-state index >= 15 is 0 Å². The van der Waals surface area contributed by atoms with Gasteiger partial charge in [-0.1, -0.05) is 31.5 Å². The van der Waals surface area contributed by atoms with Gasteiger partial charge in [-0.2, -0.15) is 0 Å². The zero-order valence-electron chi connectivity index (χ0n) is 12.7. The number of nitrogens with two attached hydrogens (primary N) is 1. The normalized spacial score (nSPS) is 16.5. The van der Waals surface area contributed by atoms with Crippen LogP contribution in [0.2, 0.25) is 5.02 Å². The van der Waals surface area contributed by atoms with Gasteiger partial charge in [-0.05, 0) is 17.7 Å². The van der Waals surface area contributed by atoms with Gasteiger partial charge in [-0.15, -0.1) is 0 Å². The number of carbonyl (C=O) groups excluding carboxylic acids is 1. The van der Waals surface area contributed by atoms with Crippen molar-refractivity contribution in [3.05, 3.63) is 40.5 Å². The zero-order valence-corrected chi connectivity index (χ0v) is 13.5.